The molecule has 1 heterocycles. The van der Waals surface area contributed by atoms with Crippen molar-refractivity contribution in [2.75, 3.05) is 19.6 Å². The van der Waals surface area contributed by atoms with Crippen LogP contribution in [0.25, 0.3) is 0 Å². The zero-order valence-corrected chi connectivity index (χ0v) is 10.6. The molecule has 1 aromatic rings. The summed E-state index contributed by atoms with van der Waals surface area (Å²) in [4.78, 5) is 1.96. The monoisotopic (exact) mass is 276 g/mol. The van der Waals surface area contributed by atoms with Crippen LogP contribution in [-0.4, -0.2) is 30.6 Å². The maximum atomic E-state index is 13.9. The molecule has 0 saturated carbocycles. The van der Waals surface area contributed by atoms with Crippen LogP contribution < -0.4 is 5.32 Å². The lowest BCUT2D eigenvalue weighted by atomic mass is 10.1. The van der Waals surface area contributed by atoms with Crippen LogP contribution in [0.3, 0.4) is 0 Å². The summed E-state index contributed by atoms with van der Waals surface area (Å²) in [5.41, 5.74) is -1.09. The molecule has 1 N–H and O–H groups in total. The second-order valence-electron chi connectivity index (χ2n) is 4.87. The van der Waals surface area contributed by atoms with Crippen LogP contribution in [0.15, 0.2) is 18.2 Å². The quantitative estimate of drug-likeness (QED) is 0.835. The lowest BCUT2D eigenvalue weighted by Crippen LogP contribution is -2.48. The maximum Gasteiger partial charge on any atom is 0.419 e. The van der Waals surface area contributed by atoms with Gasteiger partial charge in [0.25, 0.3) is 0 Å². The van der Waals surface area contributed by atoms with Crippen molar-refractivity contribution in [1.29, 1.82) is 0 Å². The Bertz CT molecular complexity index is 445. The fourth-order valence-corrected chi connectivity index (χ4v) is 2.32. The smallest absolute Gasteiger partial charge is 0.312 e. The zero-order valence-electron chi connectivity index (χ0n) is 10.6. The molecule has 1 saturated heterocycles. The normalized spacial score (nSPS) is 21.6. The van der Waals surface area contributed by atoms with Crippen molar-refractivity contribution < 1.29 is 17.6 Å². The molecule has 19 heavy (non-hydrogen) atoms. The molecule has 0 amide bonds. The fraction of sp³-hybridized carbons (Fsp3) is 0.538. The number of halogens is 4. The molecule has 1 aliphatic heterocycles. The van der Waals surface area contributed by atoms with E-state index in [2.05, 4.69) is 5.32 Å². The van der Waals surface area contributed by atoms with E-state index in [0.717, 1.165) is 12.6 Å². The van der Waals surface area contributed by atoms with Gasteiger partial charge in [-0.15, -0.1) is 0 Å². The van der Waals surface area contributed by atoms with Crippen LogP contribution in [0.2, 0.25) is 0 Å². The predicted octanol–water partition coefficient (Wildman–Crippen LogP) is 2.64. The molecular formula is C13H16F4N2. The number of hydrogen-bond donors (Lipinski definition) is 1. The van der Waals surface area contributed by atoms with Gasteiger partial charge in [-0.05, 0) is 13.0 Å². The van der Waals surface area contributed by atoms with Crippen molar-refractivity contribution >= 4 is 0 Å². The molecule has 0 aromatic heterocycles. The van der Waals surface area contributed by atoms with Crippen LogP contribution >= 0.6 is 0 Å². The van der Waals surface area contributed by atoms with Gasteiger partial charge >= 0.3 is 6.18 Å². The van der Waals surface area contributed by atoms with Crippen LogP contribution in [-0.2, 0) is 12.7 Å². The number of alkyl halides is 3. The van der Waals surface area contributed by atoms with E-state index in [1.54, 1.807) is 0 Å². The summed E-state index contributed by atoms with van der Waals surface area (Å²) in [7, 11) is 0. The molecule has 0 spiro atoms. The average molecular weight is 276 g/mol. The first-order valence-corrected chi connectivity index (χ1v) is 6.18. The minimum absolute atomic E-state index is 0.101. The Hall–Kier alpha value is -1.14. The molecule has 2 nitrogen and oxygen atoms in total. The Morgan fingerprint density at radius 2 is 2.11 bits per heavy atom. The molecule has 0 radical (unpaired) electrons. The molecule has 2 rings (SSSR count). The van der Waals surface area contributed by atoms with Gasteiger partial charge in [0.1, 0.15) is 5.82 Å². The third kappa shape index (κ3) is 3.45. The highest BCUT2D eigenvalue weighted by molar-refractivity contribution is 5.28. The summed E-state index contributed by atoms with van der Waals surface area (Å²) in [6, 6.07) is 3.71. The molecule has 106 valence electrons. The summed E-state index contributed by atoms with van der Waals surface area (Å²) < 4.78 is 51.7. The van der Waals surface area contributed by atoms with E-state index in [4.69, 9.17) is 0 Å². The molecule has 0 aliphatic carbocycles. The highest BCUT2D eigenvalue weighted by atomic mass is 19.4. The van der Waals surface area contributed by atoms with Crippen molar-refractivity contribution in [3.63, 3.8) is 0 Å². The maximum absolute atomic E-state index is 13.9. The first-order valence-electron chi connectivity index (χ1n) is 6.18. The first kappa shape index (κ1) is 14.3. The van der Waals surface area contributed by atoms with Gasteiger partial charge in [0.2, 0.25) is 0 Å². The van der Waals surface area contributed by atoms with Crippen molar-refractivity contribution in [1.82, 2.24) is 10.2 Å². The molecular weight excluding hydrogens is 260 g/mol. The van der Waals surface area contributed by atoms with Gasteiger partial charge in [-0.2, -0.15) is 13.2 Å². The Morgan fingerprint density at radius 1 is 1.37 bits per heavy atom. The van der Waals surface area contributed by atoms with Gasteiger partial charge in [0.15, 0.2) is 0 Å². The standard InChI is InChI=1S/C13H16F4N2/c1-9-7-19(6-5-18-9)8-10-3-2-4-11(12(10)14)13(15,16)17/h2-4,9,18H,5-8H2,1H3/t9-/m0/s1. The lowest BCUT2D eigenvalue weighted by molar-refractivity contribution is -0.140. The van der Waals surface area contributed by atoms with Crippen LogP contribution in [0, 0.1) is 5.82 Å². The third-order valence-corrected chi connectivity index (χ3v) is 3.23. The SMILES string of the molecule is C[C@H]1CN(Cc2cccc(C(F)(F)F)c2F)CCN1. The Kier molecular flexibility index (Phi) is 4.10. The zero-order chi connectivity index (χ0) is 14.0. The van der Waals surface area contributed by atoms with Gasteiger partial charge in [0, 0.05) is 37.8 Å². The molecule has 1 fully saturated rings. The topological polar surface area (TPSA) is 15.3 Å². The number of nitrogens with one attached hydrogen (secondary N) is 1. The van der Waals surface area contributed by atoms with Crippen molar-refractivity contribution in [3.8, 4) is 0 Å². The van der Waals surface area contributed by atoms with Crippen molar-refractivity contribution in [3.05, 3.63) is 35.1 Å². The Morgan fingerprint density at radius 3 is 2.74 bits per heavy atom. The van der Waals surface area contributed by atoms with Crippen LogP contribution in [0.1, 0.15) is 18.1 Å². The number of nitrogens with zero attached hydrogens (tertiary/aromatic N) is 1. The van der Waals surface area contributed by atoms with E-state index in [1.807, 2.05) is 11.8 Å². The van der Waals surface area contributed by atoms with E-state index in [9.17, 15) is 17.6 Å². The average Bonchev–Trinajstić information content (AvgIpc) is 2.30. The predicted molar refractivity (Wildman–Crippen MR) is 64.1 cm³/mol. The highest BCUT2D eigenvalue weighted by Gasteiger charge is 2.35. The van der Waals surface area contributed by atoms with Gasteiger partial charge < -0.3 is 5.32 Å². The molecule has 0 bridgehead atoms. The summed E-state index contributed by atoms with van der Waals surface area (Å²) in [6.07, 6.45) is -4.64. The Labute approximate surface area is 109 Å². The van der Waals surface area contributed by atoms with Gasteiger partial charge in [-0.1, -0.05) is 12.1 Å². The second-order valence-corrected chi connectivity index (χ2v) is 4.87. The highest BCUT2D eigenvalue weighted by Crippen LogP contribution is 2.32. The molecule has 6 heteroatoms. The second kappa shape index (κ2) is 5.46. The summed E-state index contributed by atoms with van der Waals surface area (Å²) in [5.74, 6) is -1.15. The minimum Gasteiger partial charge on any atom is -0.312 e. The van der Waals surface area contributed by atoms with E-state index in [-0.39, 0.29) is 18.2 Å². The summed E-state index contributed by atoms with van der Waals surface area (Å²) in [5, 5.41) is 3.23. The Balaban J connectivity index is 2.17. The molecule has 1 atom stereocenters. The molecule has 1 aliphatic rings. The largest absolute Gasteiger partial charge is 0.419 e. The van der Waals surface area contributed by atoms with Crippen molar-refractivity contribution in [2.24, 2.45) is 0 Å². The fourth-order valence-electron chi connectivity index (χ4n) is 2.32. The number of piperazine rings is 1. The van der Waals surface area contributed by atoms with Gasteiger partial charge in [-0.3, -0.25) is 4.90 Å². The first-order chi connectivity index (χ1) is 8.88. The van der Waals surface area contributed by atoms with Crippen LogP contribution in [0.4, 0.5) is 17.6 Å². The third-order valence-electron chi connectivity index (χ3n) is 3.23. The van der Waals surface area contributed by atoms with E-state index in [0.29, 0.717) is 13.1 Å². The molecule has 1 aromatic carbocycles. The van der Waals surface area contributed by atoms with Crippen LogP contribution in [0.5, 0.6) is 0 Å². The summed E-state index contributed by atoms with van der Waals surface area (Å²) in [6.45, 7) is 4.38. The molecule has 0 unspecified atom stereocenters. The summed E-state index contributed by atoms with van der Waals surface area (Å²) >= 11 is 0. The van der Waals surface area contributed by atoms with E-state index in [1.165, 1.54) is 12.1 Å². The van der Waals surface area contributed by atoms with Gasteiger partial charge in [0.05, 0.1) is 5.56 Å². The number of rotatable bonds is 2. The van der Waals surface area contributed by atoms with Crippen molar-refractivity contribution in [2.45, 2.75) is 25.7 Å². The lowest BCUT2D eigenvalue weighted by Gasteiger charge is -2.32. The number of benzene rings is 1. The minimum atomic E-state index is -4.64. The van der Waals surface area contributed by atoms with Gasteiger partial charge in [-0.25, -0.2) is 4.39 Å². The van der Waals surface area contributed by atoms with E-state index >= 15 is 0 Å². The number of hydrogen-bond acceptors (Lipinski definition) is 2. The van der Waals surface area contributed by atoms with E-state index < -0.39 is 17.6 Å².